The van der Waals surface area contributed by atoms with E-state index in [0.717, 1.165) is 82.5 Å². The molecule has 0 aliphatic carbocycles. The van der Waals surface area contributed by atoms with Crippen LogP contribution in [-0.4, -0.2) is 15.0 Å². The third kappa shape index (κ3) is 4.46. The second-order valence-electron chi connectivity index (χ2n) is 13.2. The summed E-state index contributed by atoms with van der Waals surface area (Å²) in [7, 11) is 0. The van der Waals surface area contributed by atoms with Gasteiger partial charge >= 0.3 is 0 Å². The molecule has 0 radical (unpaired) electrons. The fraction of sp³-hybridized carbons (Fsp3) is 0. The van der Waals surface area contributed by atoms with E-state index in [2.05, 4.69) is 103 Å². The molecule has 3 heterocycles. The van der Waals surface area contributed by atoms with Gasteiger partial charge in [-0.3, -0.25) is 0 Å². The van der Waals surface area contributed by atoms with Crippen molar-refractivity contribution in [3.63, 3.8) is 0 Å². The Morgan fingerprint density at radius 3 is 1.65 bits per heavy atom. The van der Waals surface area contributed by atoms with Gasteiger partial charge in [0.1, 0.15) is 22.3 Å². The molecule has 0 fully saturated rings. The van der Waals surface area contributed by atoms with Crippen molar-refractivity contribution in [2.24, 2.45) is 0 Å². The van der Waals surface area contributed by atoms with Gasteiger partial charge in [-0.05, 0) is 75.1 Å². The topological polar surface area (TPSA) is 65.0 Å². The molecule has 0 saturated heterocycles. The Balaban J connectivity index is 1.19. The highest BCUT2D eigenvalue weighted by molar-refractivity contribution is 6.17. The van der Waals surface area contributed by atoms with E-state index in [1.807, 2.05) is 60.7 Å². The number of para-hydroxylation sites is 1. The molecule has 0 N–H and O–H groups in total. The summed E-state index contributed by atoms with van der Waals surface area (Å²) in [5.41, 5.74) is 8.16. The van der Waals surface area contributed by atoms with Crippen LogP contribution in [0.3, 0.4) is 0 Å². The van der Waals surface area contributed by atoms with Gasteiger partial charge < -0.3 is 8.83 Å². The fourth-order valence-electron chi connectivity index (χ4n) is 7.67. The summed E-state index contributed by atoms with van der Waals surface area (Å²) < 4.78 is 12.7. The van der Waals surface area contributed by atoms with Gasteiger partial charge in [0.2, 0.25) is 0 Å². The van der Waals surface area contributed by atoms with Crippen LogP contribution in [0.1, 0.15) is 0 Å². The quantitative estimate of drug-likeness (QED) is 0.175. The highest BCUT2D eigenvalue weighted by atomic mass is 16.3. The third-order valence-electron chi connectivity index (χ3n) is 10.1. The molecule has 0 atom stereocenters. The summed E-state index contributed by atoms with van der Waals surface area (Å²) in [6, 6.07) is 56.3. The van der Waals surface area contributed by atoms with Crippen molar-refractivity contribution in [3.8, 4) is 45.3 Å². The van der Waals surface area contributed by atoms with Crippen molar-refractivity contribution in [2.75, 3.05) is 0 Å². The summed E-state index contributed by atoms with van der Waals surface area (Å²) in [4.78, 5) is 15.6. The molecular weight excluding hydrogens is 639 g/mol. The number of fused-ring (bicyclic) bond motifs is 9. The van der Waals surface area contributed by atoms with Crippen molar-refractivity contribution in [3.05, 3.63) is 164 Å². The van der Waals surface area contributed by atoms with Crippen molar-refractivity contribution < 1.29 is 8.83 Å². The van der Waals surface area contributed by atoms with Crippen molar-refractivity contribution in [2.45, 2.75) is 0 Å². The number of hydrogen-bond acceptors (Lipinski definition) is 5. The highest BCUT2D eigenvalue weighted by Gasteiger charge is 2.21. The molecule has 0 saturated carbocycles. The first-order valence-corrected chi connectivity index (χ1v) is 17.3. The lowest BCUT2D eigenvalue weighted by atomic mass is 9.97. The van der Waals surface area contributed by atoms with E-state index in [9.17, 15) is 0 Å². The number of aromatic nitrogens is 3. The standard InChI is InChI=1S/C47H27N3O2/c1-2-10-28(11-3-1)34-15-8-18-41-43(34)44-36(16-9-19-42(44)52-41)47-49-45(31-23-22-30-21-20-29-12-4-5-13-33(29)37(30)26-31)48-46(50-47)32-24-25-40-38(27-32)35-14-6-7-17-39(35)51-40/h1-27H. The first kappa shape index (κ1) is 28.7. The maximum Gasteiger partial charge on any atom is 0.164 e. The lowest BCUT2D eigenvalue weighted by Crippen LogP contribution is -2.00. The molecular formula is C47H27N3O2. The largest absolute Gasteiger partial charge is 0.456 e. The van der Waals surface area contributed by atoms with Gasteiger partial charge in [0.25, 0.3) is 0 Å². The molecule has 52 heavy (non-hydrogen) atoms. The Morgan fingerprint density at radius 1 is 0.308 bits per heavy atom. The van der Waals surface area contributed by atoms with E-state index in [0.29, 0.717) is 17.5 Å². The van der Waals surface area contributed by atoms with Crippen LogP contribution >= 0.6 is 0 Å². The smallest absolute Gasteiger partial charge is 0.164 e. The predicted octanol–water partition coefficient (Wildman–Crippen LogP) is 12.6. The van der Waals surface area contributed by atoms with Crippen LogP contribution in [0.2, 0.25) is 0 Å². The Morgan fingerprint density at radius 2 is 0.846 bits per heavy atom. The van der Waals surface area contributed by atoms with E-state index in [1.54, 1.807) is 0 Å². The maximum absolute atomic E-state index is 6.49. The van der Waals surface area contributed by atoms with Crippen LogP contribution in [-0.2, 0) is 0 Å². The Bertz CT molecular complexity index is 3190. The van der Waals surface area contributed by atoms with Crippen molar-refractivity contribution in [1.82, 2.24) is 15.0 Å². The average molecular weight is 666 g/mol. The van der Waals surface area contributed by atoms with Crippen molar-refractivity contribution >= 4 is 65.4 Å². The monoisotopic (exact) mass is 665 g/mol. The molecule has 11 aromatic rings. The molecule has 11 rings (SSSR count). The van der Waals surface area contributed by atoms with Gasteiger partial charge in [0, 0.05) is 38.2 Å². The summed E-state index contributed by atoms with van der Waals surface area (Å²) in [6.07, 6.45) is 0. The second kappa shape index (κ2) is 11.2. The van der Waals surface area contributed by atoms with Gasteiger partial charge in [0.15, 0.2) is 17.5 Å². The fourth-order valence-corrected chi connectivity index (χ4v) is 7.67. The number of benzene rings is 8. The van der Waals surface area contributed by atoms with Crippen LogP contribution < -0.4 is 0 Å². The lowest BCUT2D eigenvalue weighted by molar-refractivity contribution is 0.668. The molecule has 8 aromatic carbocycles. The third-order valence-corrected chi connectivity index (χ3v) is 10.1. The molecule has 0 unspecified atom stereocenters. The van der Waals surface area contributed by atoms with Gasteiger partial charge in [0.05, 0.1) is 0 Å². The molecule has 0 aliphatic heterocycles. The Labute approximate surface area is 297 Å². The lowest BCUT2D eigenvalue weighted by Gasteiger charge is -2.11. The molecule has 3 aromatic heterocycles. The number of rotatable bonds is 4. The van der Waals surface area contributed by atoms with E-state index < -0.39 is 0 Å². The van der Waals surface area contributed by atoms with Crippen LogP contribution in [0.15, 0.2) is 173 Å². The zero-order chi connectivity index (χ0) is 34.2. The van der Waals surface area contributed by atoms with Gasteiger partial charge in [-0.25, -0.2) is 15.0 Å². The first-order valence-electron chi connectivity index (χ1n) is 17.3. The van der Waals surface area contributed by atoms with Crippen molar-refractivity contribution in [1.29, 1.82) is 0 Å². The summed E-state index contributed by atoms with van der Waals surface area (Å²) in [5, 5.41) is 8.78. The number of nitrogens with zero attached hydrogens (tertiary/aromatic N) is 3. The van der Waals surface area contributed by atoms with Crippen LogP contribution in [0.4, 0.5) is 0 Å². The van der Waals surface area contributed by atoms with Crippen LogP contribution in [0.25, 0.3) is 111 Å². The molecule has 0 spiro atoms. The first-order chi connectivity index (χ1) is 25.7. The van der Waals surface area contributed by atoms with Gasteiger partial charge in [-0.2, -0.15) is 0 Å². The molecule has 5 nitrogen and oxygen atoms in total. The van der Waals surface area contributed by atoms with E-state index in [1.165, 1.54) is 10.8 Å². The highest BCUT2D eigenvalue weighted by Crippen LogP contribution is 2.42. The molecule has 0 amide bonds. The minimum Gasteiger partial charge on any atom is -0.456 e. The number of hydrogen-bond donors (Lipinski definition) is 0. The summed E-state index contributed by atoms with van der Waals surface area (Å²) in [6.45, 7) is 0. The summed E-state index contributed by atoms with van der Waals surface area (Å²) >= 11 is 0. The minimum absolute atomic E-state index is 0.575. The zero-order valence-corrected chi connectivity index (χ0v) is 27.7. The molecule has 242 valence electrons. The van der Waals surface area contributed by atoms with Crippen LogP contribution in [0.5, 0.6) is 0 Å². The molecule has 0 bridgehead atoms. The van der Waals surface area contributed by atoms with E-state index in [-0.39, 0.29) is 0 Å². The SMILES string of the molecule is c1ccc(-c2cccc3oc4cccc(-c5nc(-c6ccc7ccc8ccccc8c7c6)nc(-c6ccc7oc8ccccc8c7c6)n5)c4c23)cc1. The van der Waals surface area contributed by atoms with E-state index in [4.69, 9.17) is 23.8 Å². The predicted molar refractivity (Wildman–Crippen MR) is 211 cm³/mol. The van der Waals surface area contributed by atoms with Gasteiger partial charge in [-0.1, -0.05) is 121 Å². The minimum atomic E-state index is 0.575. The zero-order valence-electron chi connectivity index (χ0n) is 27.7. The second-order valence-corrected chi connectivity index (χ2v) is 13.2. The van der Waals surface area contributed by atoms with Crippen LogP contribution in [0, 0.1) is 0 Å². The Kier molecular flexibility index (Phi) is 6.18. The number of furan rings is 2. The normalized spacial score (nSPS) is 11.8. The molecule has 5 heteroatoms. The maximum atomic E-state index is 6.49. The molecule has 0 aliphatic rings. The average Bonchev–Trinajstić information content (AvgIpc) is 3.79. The Hall–Kier alpha value is -7.11. The van der Waals surface area contributed by atoms with Gasteiger partial charge in [-0.15, -0.1) is 0 Å². The van der Waals surface area contributed by atoms with E-state index >= 15 is 0 Å². The summed E-state index contributed by atoms with van der Waals surface area (Å²) in [5.74, 6) is 1.75.